The van der Waals surface area contributed by atoms with Crippen molar-refractivity contribution in [3.05, 3.63) is 50.6 Å². The van der Waals surface area contributed by atoms with Gasteiger partial charge in [-0.3, -0.25) is 0 Å². The predicted octanol–water partition coefficient (Wildman–Crippen LogP) is 4.28. The molecule has 0 bridgehead atoms. The second kappa shape index (κ2) is 7.05. The summed E-state index contributed by atoms with van der Waals surface area (Å²) in [5, 5.41) is 1.96. The second-order valence-corrected chi connectivity index (χ2v) is 9.25. The van der Waals surface area contributed by atoms with Crippen LogP contribution in [0.1, 0.15) is 24.5 Å². The van der Waals surface area contributed by atoms with Gasteiger partial charge in [0.1, 0.15) is 0 Å². The van der Waals surface area contributed by atoms with E-state index in [1.807, 2.05) is 23.6 Å². The number of halogens is 1. The summed E-state index contributed by atoms with van der Waals surface area (Å²) in [6.45, 7) is 2.48. The number of sulfonamides is 1. The van der Waals surface area contributed by atoms with Gasteiger partial charge in [0.25, 0.3) is 0 Å². The molecule has 0 saturated heterocycles. The van der Waals surface area contributed by atoms with Gasteiger partial charge in [-0.1, -0.05) is 25.5 Å². The molecule has 0 aliphatic carbocycles. The zero-order valence-electron chi connectivity index (χ0n) is 12.0. The van der Waals surface area contributed by atoms with Crippen molar-refractivity contribution in [3.8, 4) is 0 Å². The van der Waals surface area contributed by atoms with E-state index in [2.05, 4.69) is 22.9 Å². The molecule has 0 atom stereocenters. The van der Waals surface area contributed by atoms with Gasteiger partial charge in [0.2, 0.25) is 10.0 Å². The first-order chi connectivity index (χ1) is 9.93. The molecule has 1 heterocycles. The molecule has 114 valence electrons. The van der Waals surface area contributed by atoms with E-state index >= 15 is 0 Å². The van der Waals surface area contributed by atoms with Crippen molar-refractivity contribution in [1.29, 1.82) is 0 Å². The largest absolute Gasteiger partial charge is 0.243 e. The van der Waals surface area contributed by atoms with Gasteiger partial charge in [-0.25, -0.2) is 8.42 Å². The van der Waals surface area contributed by atoms with Crippen LogP contribution in [0.2, 0.25) is 0 Å². The van der Waals surface area contributed by atoms with Gasteiger partial charge in [0, 0.05) is 13.6 Å². The molecule has 3 nitrogen and oxygen atoms in total. The molecule has 21 heavy (non-hydrogen) atoms. The van der Waals surface area contributed by atoms with Crippen LogP contribution in [0, 0.1) is 0 Å². The smallest absolute Gasteiger partial charge is 0.207 e. The summed E-state index contributed by atoms with van der Waals surface area (Å²) in [5.41, 5.74) is 2.15. The van der Waals surface area contributed by atoms with Crippen LogP contribution in [0.15, 0.2) is 44.4 Å². The van der Waals surface area contributed by atoms with Crippen molar-refractivity contribution < 1.29 is 8.42 Å². The molecule has 2 aromatic rings. The Morgan fingerprint density at radius 2 is 1.86 bits per heavy atom. The van der Waals surface area contributed by atoms with Crippen molar-refractivity contribution >= 4 is 37.3 Å². The minimum absolute atomic E-state index is 0.346. The van der Waals surface area contributed by atoms with Gasteiger partial charge >= 0.3 is 0 Å². The van der Waals surface area contributed by atoms with E-state index in [1.54, 1.807) is 30.5 Å². The first-order valence-electron chi connectivity index (χ1n) is 6.71. The molecule has 0 fully saturated rings. The van der Waals surface area contributed by atoms with Crippen LogP contribution in [-0.2, 0) is 23.0 Å². The monoisotopic (exact) mass is 387 g/mol. The van der Waals surface area contributed by atoms with Gasteiger partial charge in [-0.15, -0.1) is 11.3 Å². The van der Waals surface area contributed by atoms with Crippen LogP contribution in [0.25, 0.3) is 0 Å². The normalized spacial score (nSPS) is 12.0. The zero-order chi connectivity index (χ0) is 15.5. The van der Waals surface area contributed by atoms with Crippen molar-refractivity contribution in [1.82, 2.24) is 4.31 Å². The highest BCUT2D eigenvalue weighted by molar-refractivity contribution is 9.11. The maximum atomic E-state index is 12.5. The molecular formula is C15H18BrNO2S2. The highest BCUT2D eigenvalue weighted by atomic mass is 79.9. The number of nitrogens with zero attached hydrogens (tertiary/aromatic N) is 1. The molecule has 2 rings (SSSR count). The maximum Gasteiger partial charge on any atom is 0.243 e. The fraction of sp³-hybridized carbons (Fsp3) is 0.333. The Bertz CT molecular complexity index is 693. The number of hydrogen-bond donors (Lipinski definition) is 0. The molecular weight excluding hydrogens is 370 g/mol. The summed E-state index contributed by atoms with van der Waals surface area (Å²) >= 11 is 4.95. The minimum atomic E-state index is -3.44. The topological polar surface area (TPSA) is 37.4 Å². The van der Waals surface area contributed by atoms with Crippen molar-refractivity contribution in [3.63, 3.8) is 0 Å². The fourth-order valence-corrected chi connectivity index (χ4v) is 4.43. The van der Waals surface area contributed by atoms with Crippen LogP contribution in [0.4, 0.5) is 0 Å². The number of aryl methyl sites for hydroxylation is 1. The summed E-state index contributed by atoms with van der Waals surface area (Å²) in [6, 6.07) is 9.12. The van der Waals surface area contributed by atoms with Crippen LogP contribution in [0.5, 0.6) is 0 Å². The average Bonchev–Trinajstić information content (AvgIpc) is 2.85. The summed E-state index contributed by atoms with van der Waals surface area (Å²) in [5.74, 6) is 0. The Kier molecular flexibility index (Phi) is 5.60. The van der Waals surface area contributed by atoms with E-state index in [0.29, 0.717) is 11.4 Å². The molecule has 0 unspecified atom stereocenters. The number of benzene rings is 1. The number of hydrogen-bond acceptors (Lipinski definition) is 3. The summed E-state index contributed by atoms with van der Waals surface area (Å²) in [7, 11) is -1.83. The molecule has 0 amide bonds. The van der Waals surface area contributed by atoms with Crippen LogP contribution >= 0.6 is 27.3 Å². The lowest BCUT2D eigenvalue weighted by Crippen LogP contribution is -2.26. The lowest BCUT2D eigenvalue weighted by Gasteiger charge is -2.16. The third kappa shape index (κ3) is 4.16. The van der Waals surface area contributed by atoms with Crippen molar-refractivity contribution in [2.45, 2.75) is 31.2 Å². The number of rotatable bonds is 6. The standard InChI is InChI=1S/C15H18BrNO2S2/c1-3-4-12-5-7-14(8-6-12)21(18,19)17(2)10-13-9-15(16)20-11-13/h5-9,11H,3-4,10H2,1-2H3. The Morgan fingerprint density at radius 1 is 1.19 bits per heavy atom. The van der Waals surface area contributed by atoms with E-state index in [4.69, 9.17) is 0 Å². The van der Waals surface area contributed by atoms with E-state index in [1.165, 1.54) is 9.87 Å². The van der Waals surface area contributed by atoms with E-state index in [0.717, 1.165) is 22.2 Å². The van der Waals surface area contributed by atoms with Gasteiger partial charge in [-0.2, -0.15) is 4.31 Å². The molecule has 0 aliphatic heterocycles. The molecule has 0 aliphatic rings. The lowest BCUT2D eigenvalue weighted by molar-refractivity contribution is 0.467. The second-order valence-electron chi connectivity index (χ2n) is 4.91. The molecule has 0 N–H and O–H groups in total. The third-order valence-electron chi connectivity index (χ3n) is 3.20. The molecule has 0 radical (unpaired) electrons. The molecule has 0 saturated carbocycles. The van der Waals surface area contributed by atoms with Crippen molar-refractivity contribution in [2.75, 3.05) is 7.05 Å². The lowest BCUT2D eigenvalue weighted by atomic mass is 10.1. The average molecular weight is 388 g/mol. The van der Waals surface area contributed by atoms with Gasteiger partial charge in [0.05, 0.1) is 8.68 Å². The summed E-state index contributed by atoms with van der Waals surface area (Å²) in [4.78, 5) is 0.346. The maximum absolute atomic E-state index is 12.5. The van der Waals surface area contributed by atoms with Crippen LogP contribution < -0.4 is 0 Å². The van der Waals surface area contributed by atoms with Gasteiger partial charge in [0.15, 0.2) is 0 Å². The van der Waals surface area contributed by atoms with Gasteiger partial charge < -0.3 is 0 Å². The predicted molar refractivity (Wildman–Crippen MR) is 91.1 cm³/mol. The molecule has 0 spiro atoms. The Morgan fingerprint density at radius 3 is 2.38 bits per heavy atom. The van der Waals surface area contributed by atoms with E-state index in [9.17, 15) is 8.42 Å². The third-order valence-corrected chi connectivity index (χ3v) is 6.57. The summed E-state index contributed by atoms with van der Waals surface area (Å²) < 4.78 is 27.5. The van der Waals surface area contributed by atoms with Crippen LogP contribution in [-0.4, -0.2) is 19.8 Å². The quantitative estimate of drug-likeness (QED) is 0.741. The SMILES string of the molecule is CCCc1ccc(S(=O)(=O)N(C)Cc2csc(Br)c2)cc1. The Labute approximate surface area is 138 Å². The Balaban J connectivity index is 2.16. The summed E-state index contributed by atoms with van der Waals surface area (Å²) in [6.07, 6.45) is 2.03. The number of thiophene rings is 1. The van der Waals surface area contributed by atoms with Gasteiger partial charge in [-0.05, 0) is 57.1 Å². The highest BCUT2D eigenvalue weighted by Crippen LogP contribution is 2.23. The first-order valence-corrected chi connectivity index (χ1v) is 9.83. The first kappa shape index (κ1) is 16.7. The molecule has 6 heteroatoms. The Hall–Kier alpha value is -0.690. The zero-order valence-corrected chi connectivity index (χ0v) is 15.3. The molecule has 1 aromatic carbocycles. The van der Waals surface area contributed by atoms with Crippen LogP contribution in [0.3, 0.4) is 0 Å². The van der Waals surface area contributed by atoms with Crippen molar-refractivity contribution in [2.24, 2.45) is 0 Å². The van der Waals surface area contributed by atoms with E-state index in [-0.39, 0.29) is 0 Å². The van der Waals surface area contributed by atoms with E-state index < -0.39 is 10.0 Å². The highest BCUT2D eigenvalue weighted by Gasteiger charge is 2.21. The molecule has 1 aromatic heterocycles. The minimum Gasteiger partial charge on any atom is -0.207 e. The fourth-order valence-electron chi connectivity index (χ4n) is 2.07.